The van der Waals surface area contributed by atoms with Crippen LogP contribution in [-0.4, -0.2) is 11.6 Å². The smallest absolute Gasteiger partial charge is 0.247 e. The Morgan fingerprint density at radius 3 is 1.75 bits per heavy atom. The quantitative estimate of drug-likeness (QED) is 0.450. The second-order valence-electron chi connectivity index (χ2n) is 1.93. The third-order valence-electron chi connectivity index (χ3n) is 1.20. The van der Waals surface area contributed by atoms with Crippen LogP contribution < -0.4 is 5.11 Å². The number of carbonyl (C=O) groups excluding carboxylic acids is 2. The van der Waals surface area contributed by atoms with Gasteiger partial charge in [-0.05, 0) is 0 Å². The van der Waals surface area contributed by atoms with Crippen molar-refractivity contribution in [3.63, 3.8) is 0 Å². The minimum Gasteiger partial charge on any atom is -0.870 e. The molecule has 0 spiro atoms. The maximum atomic E-state index is 10.9. The molecule has 0 aliphatic heterocycles. The number of hydrogen-bond acceptors (Lipinski definition) is 3. The maximum Gasteiger partial charge on any atom is 0.247 e. The van der Waals surface area contributed by atoms with E-state index < -0.39 is 32.4 Å². The third-order valence-corrected chi connectivity index (χ3v) is 2.36. The average Bonchev–Trinajstić information content (AvgIpc) is 2.08. The highest BCUT2D eigenvalue weighted by atomic mass is 35.5. The molecule has 0 radical (unpaired) electrons. The van der Waals surface area contributed by atoms with Crippen molar-refractivity contribution >= 4 is 46.4 Å². The number of rotatable bonds is 0. The van der Waals surface area contributed by atoms with Crippen LogP contribution in [0.25, 0.3) is 0 Å². The van der Waals surface area contributed by atoms with Crippen LogP contribution in [0.15, 0.2) is 20.9 Å². The van der Waals surface area contributed by atoms with Crippen molar-refractivity contribution in [2.75, 3.05) is 0 Å². The summed E-state index contributed by atoms with van der Waals surface area (Å²) in [6.07, 6.45) is 0. The first kappa shape index (κ1) is 9.58. The third kappa shape index (κ3) is 1.24. The first-order valence-corrected chi connectivity index (χ1v) is 3.81. The summed E-state index contributed by atoms with van der Waals surface area (Å²) in [6, 6.07) is 0. The molecule has 0 fully saturated rings. The number of halogens is 3. The molecule has 1 aliphatic rings. The lowest BCUT2D eigenvalue weighted by Crippen LogP contribution is -2.25. The Labute approximate surface area is 82.2 Å². The first-order chi connectivity index (χ1) is 5.46. The van der Waals surface area contributed by atoms with Gasteiger partial charge in [0.05, 0.1) is 10.1 Å². The van der Waals surface area contributed by atoms with E-state index in [1.54, 1.807) is 0 Å². The highest BCUT2D eigenvalue weighted by molar-refractivity contribution is 6.70. The lowest BCUT2D eigenvalue weighted by molar-refractivity contribution is -0.296. The van der Waals surface area contributed by atoms with Gasteiger partial charge in [0.1, 0.15) is 5.03 Å². The normalized spacial score (nSPS) is 19.2. The fourth-order valence-electron chi connectivity index (χ4n) is 0.598. The second-order valence-corrected chi connectivity index (χ2v) is 3.06. The predicted molar refractivity (Wildman–Crippen MR) is 41.6 cm³/mol. The molecule has 6 heteroatoms. The number of allylic oxidation sites excluding steroid dienone is 3. The van der Waals surface area contributed by atoms with Gasteiger partial charge in [-0.3, -0.25) is 9.59 Å². The summed E-state index contributed by atoms with van der Waals surface area (Å²) in [5.41, 5.74) is 0. The zero-order valence-electron chi connectivity index (χ0n) is 5.36. The molecule has 0 unspecified atom stereocenters. The van der Waals surface area contributed by atoms with Crippen LogP contribution >= 0.6 is 34.8 Å². The van der Waals surface area contributed by atoms with Gasteiger partial charge in [-0.25, -0.2) is 0 Å². The van der Waals surface area contributed by atoms with Crippen LogP contribution in [-0.2, 0) is 9.59 Å². The van der Waals surface area contributed by atoms with Gasteiger partial charge in [0.25, 0.3) is 0 Å². The molecular weight excluding hydrogens is 226 g/mol. The molecule has 0 amide bonds. The van der Waals surface area contributed by atoms with Crippen LogP contribution in [0.4, 0.5) is 0 Å². The van der Waals surface area contributed by atoms with Crippen LogP contribution in [0.2, 0.25) is 0 Å². The molecule has 0 saturated carbocycles. The highest BCUT2D eigenvalue weighted by Gasteiger charge is 2.28. The molecule has 0 N–H and O–H groups in total. The zero-order chi connectivity index (χ0) is 9.46. The Morgan fingerprint density at radius 1 is 0.833 bits per heavy atom. The minimum absolute atomic E-state index is 0.508. The van der Waals surface area contributed by atoms with Gasteiger partial charge in [-0.1, -0.05) is 40.6 Å². The summed E-state index contributed by atoms with van der Waals surface area (Å²) in [6.45, 7) is 0. The van der Waals surface area contributed by atoms with Crippen LogP contribution in [0.1, 0.15) is 0 Å². The fourth-order valence-corrected chi connectivity index (χ4v) is 1.18. The molecule has 0 saturated heterocycles. The molecule has 0 aromatic heterocycles. The monoisotopic (exact) mass is 225 g/mol. The van der Waals surface area contributed by atoms with E-state index in [0.717, 1.165) is 0 Å². The van der Waals surface area contributed by atoms with Gasteiger partial charge in [0.2, 0.25) is 11.6 Å². The number of Topliss-reactive ketones (excluding diaryl/α,β-unsaturated/α-hetero) is 2. The van der Waals surface area contributed by atoms with E-state index in [4.69, 9.17) is 34.8 Å². The largest absolute Gasteiger partial charge is 0.870 e. The van der Waals surface area contributed by atoms with E-state index in [-0.39, 0.29) is 0 Å². The van der Waals surface area contributed by atoms with Crippen molar-refractivity contribution in [1.82, 2.24) is 0 Å². The molecule has 1 rings (SSSR count). The van der Waals surface area contributed by atoms with Crippen molar-refractivity contribution in [2.24, 2.45) is 0 Å². The summed E-state index contributed by atoms with van der Waals surface area (Å²) in [5, 5.41) is 9.08. The predicted octanol–water partition coefficient (Wildman–Crippen LogP) is 0.638. The van der Waals surface area contributed by atoms with Crippen molar-refractivity contribution in [1.29, 1.82) is 0 Å². The first-order valence-electron chi connectivity index (χ1n) is 2.68. The van der Waals surface area contributed by atoms with Crippen molar-refractivity contribution < 1.29 is 14.7 Å². The second kappa shape index (κ2) is 3.09. The molecule has 3 nitrogen and oxygen atoms in total. The molecule has 0 aromatic rings. The maximum absolute atomic E-state index is 10.9. The molecule has 0 atom stereocenters. The molecule has 0 bridgehead atoms. The van der Waals surface area contributed by atoms with Gasteiger partial charge in [-0.15, -0.1) is 0 Å². The van der Waals surface area contributed by atoms with Crippen molar-refractivity contribution in [2.45, 2.75) is 0 Å². The zero-order valence-corrected chi connectivity index (χ0v) is 7.63. The molecule has 64 valence electrons. The van der Waals surface area contributed by atoms with Gasteiger partial charge < -0.3 is 5.11 Å². The standard InChI is InChI=1S/C6HCl3O3/c7-1-2(8)5(11)6(12)3(9)4(1)10/h10H/p-1. The summed E-state index contributed by atoms with van der Waals surface area (Å²) in [4.78, 5) is 21.6. The lowest BCUT2D eigenvalue weighted by Gasteiger charge is -2.18. The van der Waals surface area contributed by atoms with Gasteiger partial charge in [0.15, 0.2) is 0 Å². The van der Waals surface area contributed by atoms with E-state index >= 15 is 0 Å². The van der Waals surface area contributed by atoms with Crippen LogP contribution in [0.3, 0.4) is 0 Å². The fraction of sp³-hybridized carbons (Fsp3) is 0. The Morgan fingerprint density at radius 2 is 1.25 bits per heavy atom. The average molecular weight is 226 g/mol. The summed E-state index contributed by atoms with van der Waals surface area (Å²) in [5.74, 6) is -3.07. The SMILES string of the molecule is O=C1C(=O)C(Cl)=C(Cl)C([O-])=C1Cl. The molecular formula is C6Cl3O3-. The summed E-state index contributed by atoms with van der Waals surface area (Å²) in [7, 11) is 0. The molecule has 0 aromatic carbocycles. The highest BCUT2D eigenvalue weighted by Crippen LogP contribution is 2.29. The number of hydrogen-bond donors (Lipinski definition) is 0. The van der Waals surface area contributed by atoms with Crippen molar-refractivity contribution in [3.05, 3.63) is 20.9 Å². The molecule has 12 heavy (non-hydrogen) atoms. The topological polar surface area (TPSA) is 57.2 Å². The Hall–Kier alpha value is -0.510. The van der Waals surface area contributed by atoms with E-state index in [1.165, 1.54) is 0 Å². The van der Waals surface area contributed by atoms with Gasteiger partial charge >= 0.3 is 0 Å². The lowest BCUT2D eigenvalue weighted by atomic mass is 10.1. The van der Waals surface area contributed by atoms with Crippen LogP contribution in [0, 0.1) is 0 Å². The molecule has 0 heterocycles. The Bertz CT molecular complexity index is 291. The summed E-state index contributed by atoms with van der Waals surface area (Å²) < 4.78 is 0. The molecule has 1 aliphatic carbocycles. The Balaban J connectivity index is 3.37. The van der Waals surface area contributed by atoms with E-state index in [9.17, 15) is 14.7 Å². The van der Waals surface area contributed by atoms with Crippen molar-refractivity contribution in [3.8, 4) is 0 Å². The van der Waals surface area contributed by atoms with Crippen LogP contribution in [0.5, 0.6) is 0 Å². The summed E-state index contributed by atoms with van der Waals surface area (Å²) >= 11 is 15.7. The minimum atomic E-state index is -1.11. The number of ketones is 2. The van der Waals surface area contributed by atoms with E-state index in [0.29, 0.717) is 0 Å². The van der Waals surface area contributed by atoms with E-state index in [1.807, 2.05) is 0 Å². The van der Waals surface area contributed by atoms with E-state index in [2.05, 4.69) is 0 Å². The number of carbonyl (C=O) groups is 2. The van der Waals surface area contributed by atoms with Gasteiger partial charge in [0, 0.05) is 0 Å². The van der Waals surface area contributed by atoms with Gasteiger partial charge in [-0.2, -0.15) is 0 Å². The Kier molecular flexibility index (Phi) is 2.46.